The fourth-order valence-electron chi connectivity index (χ4n) is 3.91. The molecule has 1 amide bonds. The lowest BCUT2D eigenvalue weighted by Crippen LogP contribution is -2.34. The molecule has 2 saturated heterocycles. The predicted molar refractivity (Wildman–Crippen MR) is 127 cm³/mol. The normalized spacial score (nSPS) is 18.8. The summed E-state index contributed by atoms with van der Waals surface area (Å²) in [5.41, 5.74) is 1.93. The Balaban J connectivity index is 1.84. The van der Waals surface area contributed by atoms with E-state index >= 15 is 0 Å². The number of rotatable bonds is 5. The van der Waals surface area contributed by atoms with Gasteiger partial charge in [-0.2, -0.15) is 0 Å². The van der Waals surface area contributed by atoms with Crippen LogP contribution in [0.3, 0.4) is 0 Å². The van der Waals surface area contributed by atoms with Crippen LogP contribution in [0.2, 0.25) is 0 Å². The number of thiocarbonyl (C=S) groups is 1. The molecule has 4 rings (SSSR count). The molecule has 6 nitrogen and oxygen atoms in total. The highest BCUT2D eigenvalue weighted by Crippen LogP contribution is 2.34. The third-order valence-corrected chi connectivity index (χ3v) is 6.98. The molecule has 2 aromatic heterocycles. The molecule has 0 aromatic carbocycles. The van der Waals surface area contributed by atoms with Crippen molar-refractivity contribution in [2.75, 3.05) is 24.5 Å². The largest absolute Gasteiger partial charge is 0.356 e. The third kappa shape index (κ3) is 3.90. The van der Waals surface area contributed by atoms with Gasteiger partial charge in [-0.15, -0.1) is 0 Å². The Morgan fingerprint density at radius 2 is 2.00 bits per heavy atom. The quantitative estimate of drug-likeness (QED) is 0.515. The fraction of sp³-hybridized carbons (Fsp3) is 0.455. The van der Waals surface area contributed by atoms with Crippen LogP contribution in [0.1, 0.15) is 50.2 Å². The second-order valence-corrected chi connectivity index (χ2v) is 9.45. The van der Waals surface area contributed by atoms with Crippen molar-refractivity contribution in [3.8, 4) is 0 Å². The lowest BCUT2D eigenvalue weighted by Gasteiger charge is -2.29. The number of carbonyl (C=O) groups is 1. The van der Waals surface area contributed by atoms with Gasteiger partial charge in [-0.05, 0) is 50.3 Å². The minimum Gasteiger partial charge on any atom is -0.356 e. The first-order valence-corrected chi connectivity index (χ1v) is 11.8. The zero-order chi connectivity index (χ0) is 21.3. The van der Waals surface area contributed by atoms with Gasteiger partial charge in [0, 0.05) is 25.8 Å². The minimum absolute atomic E-state index is 0.114. The first kappa shape index (κ1) is 21.1. The van der Waals surface area contributed by atoms with E-state index in [0.29, 0.717) is 32.8 Å². The van der Waals surface area contributed by atoms with Crippen molar-refractivity contribution >= 4 is 51.7 Å². The number of piperidine rings is 1. The summed E-state index contributed by atoms with van der Waals surface area (Å²) in [6.07, 6.45) is 8.68. The summed E-state index contributed by atoms with van der Waals surface area (Å²) < 4.78 is 2.14. The minimum atomic E-state index is -0.150. The topological polar surface area (TPSA) is 57.9 Å². The van der Waals surface area contributed by atoms with Gasteiger partial charge in [0.15, 0.2) is 0 Å². The highest BCUT2D eigenvalue weighted by Gasteiger charge is 2.32. The summed E-state index contributed by atoms with van der Waals surface area (Å²) in [5.74, 6) is 0.560. The van der Waals surface area contributed by atoms with Crippen LogP contribution in [0.4, 0.5) is 5.82 Å². The Bertz CT molecular complexity index is 1090. The number of anilines is 1. The van der Waals surface area contributed by atoms with Crippen LogP contribution in [0.15, 0.2) is 28.0 Å². The molecule has 2 fully saturated rings. The van der Waals surface area contributed by atoms with E-state index in [0.717, 1.165) is 44.3 Å². The van der Waals surface area contributed by atoms with E-state index in [2.05, 4.69) is 11.8 Å². The van der Waals surface area contributed by atoms with Crippen LogP contribution in [-0.2, 0) is 4.79 Å². The van der Waals surface area contributed by atoms with Crippen LogP contribution in [0.25, 0.3) is 11.7 Å². The number of aryl methyl sites for hydroxylation is 1. The zero-order valence-corrected chi connectivity index (χ0v) is 19.0. The number of amides is 1. The van der Waals surface area contributed by atoms with Crippen LogP contribution in [0.5, 0.6) is 0 Å². The molecule has 0 N–H and O–H groups in total. The molecular formula is C22H26N4O2S2. The van der Waals surface area contributed by atoms with Crippen LogP contribution < -0.4 is 10.5 Å². The lowest BCUT2D eigenvalue weighted by atomic mass is 10.1. The molecule has 4 heterocycles. The summed E-state index contributed by atoms with van der Waals surface area (Å²) in [4.78, 5) is 35.6. The van der Waals surface area contributed by atoms with Crippen molar-refractivity contribution in [3.05, 3.63) is 44.7 Å². The van der Waals surface area contributed by atoms with Gasteiger partial charge in [0.2, 0.25) is 0 Å². The summed E-state index contributed by atoms with van der Waals surface area (Å²) in [6.45, 7) is 6.40. The monoisotopic (exact) mass is 442 g/mol. The van der Waals surface area contributed by atoms with Crippen LogP contribution >= 0.6 is 24.0 Å². The summed E-state index contributed by atoms with van der Waals surface area (Å²) >= 11 is 6.70. The Morgan fingerprint density at radius 1 is 1.23 bits per heavy atom. The van der Waals surface area contributed by atoms with Gasteiger partial charge >= 0.3 is 0 Å². The van der Waals surface area contributed by atoms with Gasteiger partial charge in [0.1, 0.15) is 15.8 Å². The van der Waals surface area contributed by atoms with Crippen molar-refractivity contribution in [3.63, 3.8) is 0 Å². The SMILES string of the molecule is CCCCN1C(=O)/C(=C\c2c(N3CCCCC3)nc3c(C)cccn3c2=O)SC1=S. The number of carbonyl (C=O) groups excluding carboxylic acids is 1. The van der Waals surface area contributed by atoms with Gasteiger partial charge < -0.3 is 4.90 Å². The zero-order valence-electron chi connectivity index (χ0n) is 17.4. The van der Waals surface area contributed by atoms with E-state index in [1.54, 1.807) is 21.6 Å². The number of aromatic nitrogens is 2. The second-order valence-electron chi connectivity index (χ2n) is 7.77. The molecule has 0 saturated carbocycles. The molecule has 0 spiro atoms. The number of nitrogens with zero attached hydrogens (tertiary/aromatic N) is 4. The third-order valence-electron chi connectivity index (χ3n) is 5.60. The van der Waals surface area contributed by atoms with Crippen molar-refractivity contribution in [1.82, 2.24) is 14.3 Å². The van der Waals surface area contributed by atoms with Gasteiger partial charge in [-0.1, -0.05) is 43.4 Å². The average molecular weight is 443 g/mol. The van der Waals surface area contributed by atoms with E-state index < -0.39 is 0 Å². The van der Waals surface area contributed by atoms with Crippen molar-refractivity contribution in [1.29, 1.82) is 0 Å². The first-order valence-electron chi connectivity index (χ1n) is 10.5. The second kappa shape index (κ2) is 8.89. The van der Waals surface area contributed by atoms with E-state index in [-0.39, 0.29) is 11.5 Å². The molecule has 0 aliphatic carbocycles. The summed E-state index contributed by atoms with van der Waals surface area (Å²) in [5, 5.41) is 0. The lowest BCUT2D eigenvalue weighted by molar-refractivity contribution is -0.122. The maximum absolute atomic E-state index is 13.5. The molecular weight excluding hydrogens is 416 g/mol. The molecule has 2 aromatic rings. The molecule has 0 bridgehead atoms. The van der Waals surface area contributed by atoms with Crippen LogP contribution in [0, 0.1) is 6.92 Å². The van der Waals surface area contributed by atoms with Gasteiger partial charge in [0.25, 0.3) is 11.5 Å². The number of unbranched alkanes of at least 4 members (excludes halogenated alkanes) is 1. The summed E-state index contributed by atoms with van der Waals surface area (Å²) in [6, 6.07) is 3.81. The number of hydrogen-bond donors (Lipinski definition) is 0. The number of hydrogen-bond acceptors (Lipinski definition) is 6. The highest BCUT2D eigenvalue weighted by atomic mass is 32.2. The fourth-order valence-corrected chi connectivity index (χ4v) is 5.20. The first-order chi connectivity index (χ1) is 14.5. The van der Waals surface area contributed by atoms with Crippen molar-refractivity contribution < 1.29 is 4.79 Å². The Morgan fingerprint density at radius 3 is 2.73 bits per heavy atom. The van der Waals surface area contributed by atoms with E-state index in [4.69, 9.17) is 17.2 Å². The molecule has 8 heteroatoms. The molecule has 2 aliphatic rings. The Kier molecular flexibility index (Phi) is 6.24. The van der Waals surface area contributed by atoms with E-state index in [9.17, 15) is 9.59 Å². The van der Waals surface area contributed by atoms with Crippen molar-refractivity contribution in [2.24, 2.45) is 0 Å². The standard InChI is InChI=1S/C22H26N4O2S2/c1-3-4-12-26-21(28)17(30-22(26)29)14-16-19(24-10-6-5-7-11-24)23-18-15(2)9-8-13-25(18)20(16)27/h8-9,13-14H,3-7,10-12H2,1-2H3/b17-14+. The van der Waals surface area contributed by atoms with Gasteiger partial charge in [-0.25, -0.2) is 4.98 Å². The van der Waals surface area contributed by atoms with E-state index in [1.165, 1.54) is 18.2 Å². The molecule has 2 aliphatic heterocycles. The van der Waals surface area contributed by atoms with Crippen LogP contribution in [-0.4, -0.2) is 44.1 Å². The number of fused-ring (bicyclic) bond motifs is 1. The maximum atomic E-state index is 13.5. The van der Waals surface area contributed by atoms with E-state index in [1.807, 2.05) is 19.1 Å². The molecule has 0 unspecified atom stereocenters. The number of pyridine rings is 1. The molecule has 158 valence electrons. The van der Waals surface area contributed by atoms with Crippen molar-refractivity contribution in [2.45, 2.75) is 46.0 Å². The predicted octanol–water partition coefficient (Wildman–Crippen LogP) is 3.99. The smallest absolute Gasteiger partial charge is 0.267 e. The van der Waals surface area contributed by atoms with Gasteiger partial charge in [0.05, 0.1) is 10.5 Å². The Hall–Kier alpha value is -2.19. The molecule has 30 heavy (non-hydrogen) atoms. The maximum Gasteiger partial charge on any atom is 0.267 e. The summed E-state index contributed by atoms with van der Waals surface area (Å²) in [7, 11) is 0. The average Bonchev–Trinajstić information content (AvgIpc) is 3.02. The number of thioether (sulfide) groups is 1. The Labute approximate surface area is 186 Å². The van der Waals surface area contributed by atoms with Gasteiger partial charge in [-0.3, -0.25) is 18.9 Å². The molecule has 0 atom stereocenters. The molecule has 0 radical (unpaired) electrons. The highest BCUT2D eigenvalue weighted by molar-refractivity contribution is 8.26.